The zero-order valence-corrected chi connectivity index (χ0v) is 20.6. The van der Waals surface area contributed by atoms with Crippen LogP contribution < -0.4 is 5.32 Å². The van der Waals surface area contributed by atoms with Crippen molar-refractivity contribution in [1.29, 1.82) is 10.5 Å². The SMILES string of the molecule is CC(C)(C)OC(=O)N[C@H](c1ccc(C(F)(F)F)cc1)C(C#N)(C#N)O[Si](C)(C)C(C)(C)C. The monoisotopic (exact) mass is 469 g/mol. The van der Waals surface area contributed by atoms with E-state index in [2.05, 4.69) is 5.32 Å². The van der Waals surface area contributed by atoms with Gasteiger partial charge in [-0.1, -0.05) is 32.9 Å². The molecule has 0 fully saturated rings. The molecule has 1 rings (SSSR count). The highest BCUT2D eigenvalue weighted by molar-refractivity contribution is 6.74. The molecule has 0 bridgehead atoms. The molecule has 1 aromatic carbocycles. The lowest BCUT2D eigenvalue weighted by Crippen LogP contribution is -2.55. The average molecular weight is 470 g/mol. The molecule has 0 saturated heterocycles. The fourth-order valence-corrected chi connectivity index (χ4v) is 3.84. The Kier molecular flexibility index (Phi) is 7.83. The van der Waals surface area contributed by atoms with Crippen LogP contribution in [-0.2, 0) is 15.3 Å². The van der Waals surface area contributed by atoms with E-state index in [0.717, 1.165) is 24.3 Å². The molecule has 0 saturated carbocycles. The van der Waals surface area contributed by atoms with Crippen LogP contribution in [0.15, 0.2) is 24.3 Å². The molecule has 0 radical (unpaired) electrons. The van der Waals surface area contributed by atoms with E-state index in [0.29, 0.717) is 0 Å². The molecule has 0 aliphatic rings. The molecule has 10 heteroatoms. The molecule has 0 spiro atoms. The molecule has 176 valence electrons. The van der Waals surface area contributed by atoms with Gasteiger partial charge in [-0.2, -0.15) is 23.7 Å². The van der Waals surface area contributed by atoms with Gasteiger partial charge in [-0.15, -0.1) is 0 Å². The van der Waals surface area contributed by atoms with Gasteiger partial charge in [0, 0.05) is 0 Å². The first-order valence-corrected chi connectivity index (χ1v) is 12.9. The lowest BCUT2D eigenvalue weighted by atomic mass is 9.90. The predicted molar refractivity (Wildman–Crippen MR) is 116 cm³/mol. The van der Waals surface area contributed by atoms with Gasteiger partial charge < -0.3 is 14.5 Å². The Labute approximate surface area is 188 Å². The Hall–Kier alpha value is -2.56. The number of nitriles is 2. The number of rotatable bonds is 5. The first kappa shape index (κ1) is 27.5. The highest BCUT2D eigenvalue weighted by atomic mass is 28.4. The van der Waals surface area contributed by atoms with Gasteiger partial charge in [0.25, 0.3) is 5.60 Å². The summed E-state index contributed by atoms with van der Waals surface area (Å²) in [7, 11) is -2.73. The van der Waals surface area contributed by atoms with Crippen molar-refractivity contribution in [3.63, 3.8) is 0 Å². The van der Waals surface area contributed by atoms with Gasteiger partial charge >= 0.3 is 12.3 Å². The number of amides is 1. The van der Waals surface area contributed by atoms with Crippen LogP contribution in [0.4, 0.5) is 18.0 Å². The molecule has 0 aromatic heterocycles. The normalized spacial score (nSPS) is 14.2. The molecule has 0 aliphatic carbocycles. The molecule has 32 heavy (non-hydrogen) atoms. The molecule has 1 aromatic rings. The van der Waals surface area contributed by atoms with Crippen LogP contribution in [0.25, 0.3) is 0 Å². The second-order valence-electron chi connectivity index (χ2n) is 10.0. The minimum absolute atomic E-state index is 0.102. The Morgan fingerprint density at radius 1 is 1.00 bits per heavy atom. The zero-order valence-electron chi connectivity index (χ0n) is 19.6. The summed E-state index contributed by atoms with van der Waals surface area (Å²) >= 11 is 0. The summed E-state index contributed by atoms with van der Waals surface area (Å²) in [5.74, 6) is 0. The van der Waals surface area contributed by atoms with Crippen LogP contribution in [0.5, 0.6) is 0 Å². The van der Waals surface area contributed by atoms with Crippen molar-refractivity contribution in [3.05, 3.63) is 35.4 Å². The van der Waals surface area contributed by atoms with Gasteiger partial charge in [0.15, 0.2) is 8.32 Å². The maximum Gasteiger partial charge on any atom is 0.416 e. The van der Waals surface area contributed by atoms with Crippen molar-refractivity contribution in [2.24, 2.45) is 0 Å². The summed E-state index contributed by atoms with van der Waals surface area (Å²) in [6.45, 7) is 14.3. The first-order chi connectivity index (χ1) is 14.3. The van der Waals surface area contributed by atoms with Crippen molar-refractivity contribution >= 4 is 14.4 Å². The predicted octanol–water partition coefficient (Wildman–Crippen LogP) is 6.08. The fourth-order valence-electron chi connectivity index (χ4n) is 2.52. The standard InChI is InChI=1S/C22H30F3N3O3Si/c1-19(2,3)30-18(29)28-17(15-9-11-16(12-10-15)22(23,24)25)21(13-26,14-27)31-32(7,8)20(4,5)6/h9-12,17H,1-8H3,(H,28,29)/t17-/m1/s1. The van der Waals surface area contributed by atoms with Crippen LogP contribution in [0.2, 0.25) is 18.1 Å². The lowest BCUT2D eigenvalue weighted by Gasteiger charge is -2.42. The number of carbonyl (C=O) groups excluding carboxylic acids is 1. The van der Waals surface area contributed by atoms with Crippen LogP contribution in [0.1, 0.15) is 58.7 Å². The largest absolute Gasteiger partial charge is 0.444 e. The Balaban J connectivity index is 3.59. The average Bonchev–Trinajstić information content (AvgIpc) is 2.61. The van der Waals surface area contributed by atoms with Crippen LogP contribution >= 0.6 is 0 Å². The second-order valence-corrected chi connectivity index (χ2v) is 14.7. The van der Waals surface area contributed by atoms with Gasteiger partial charge in [-0.25, -0.2) is 4.79 Å². The first-order valence-electron chi connectivity index (χ1n) is 9.97. The molecule has 1 amide bonds. The number of halogens is 3. The second kappa shape index (κ2) is 9.12. The summed E-state index contributed by atoms with van der Waals surface area (Å²) in [6, 6.07) is 6.21. The lowest BCUT2D eigenvalue weighted by molar-refractivity contribution is -0.137. The van der Waals surface area contributed by atoms with Gasteiger partial charge in [0.2, 0.25) is 0 Å². The van der Waals surface area contributed by atoms with Crippen molar-refractivity contribution in [1.82, 2.24) is 5.32 Å². The quantitative estimate of drug-likeness (QED) is 0.527. The van der Waals surface area contributed by atoms with E-state index >= 15 is 0 Å². The Bertz CT molecular complexity index is 889. The van der Waals surface area contributed by atoms with Crippen LogP contribution in [-0.4, -0.2) is 25.6 Å². The van der Waals surface area contributed by atoms with Crippen LogP contribution in [0.3, 0.4) is 0 Å². The number of alkyl halides is 3. The molecule has 1 N–H and O–H groups in total. The van der Waals surface area contributed by atoms with Gasteiger partial charge in [-0.05, 0) is 56.6 Å². The van der Waals surface area contributed by atoms with E-state index in [1.165, 1.54) is 0 Å². The third-order valence-electron chi connectivity index (χ3n) is 5.19. The molecule has 6 nitrogen and oxygen atoms in total. The third-order valence-corrected chi connectivity index (χ3v) is 9.64. The summed E-state index contributed by atoms with van der Waals surface area (Å²) in [6.07, 6.45) is -5.50. The molecular weight excluding hydrogens is 439 g/mol. The number of nitrogens with zero attached hydrogens (tertiary/aromatic N) is 2. The smallest absolute Gasteiger partial charge is 0.416 e. The number of benzene rings is 1. The Morgan fingerprint density at radius 2 is 1.47 bits per heavy atom. The maximum atomic E-state index is 13.0. The van der Waals surface area contributed by atoms with E-state index in [1.807, 2.05) is 46.0 Å². The van der Waals surface area contributed by atoms with Crippen molar-refractivity contribution < 1.29 is 27.1 Å². The van der Waals surface area contributed by atoms with Crippen LogP contribution in [0, 0.1) is 22.7 Å². The third kappa shape index (κ3) is 6.72. The van der Waals surface area contributed by atoms with Crippen molar-refractivity contribution in [2.75, 3.05) is 0 Å². The summed E-state index contributed by atoms with van der Waals surface area (Å²) in [5, 5.41) is 22.1. The molecule has 0 aliphatic heterocycles. The topological polar surface area (TPSA) is 95.1 Å². The van der Waals surface area contributed by atoms with E-state index < -0.39 is 43.4 Å². The number of ether oxygens (including phenoxy) is 1. The number of hydrogen-bond donors (Lipinski definition) is 1. The zero-order chi connectivity index (χ0) is 25.2. The fraction of sp³-hybridized carbons (Fsp3) is 0.591. The van der Waals surface area contributed by atoms with Gasteiger partial charge in [0.05, 0.1) is 5.56 Å². The number of nitrogens with one attached hydrogen (secondary N) is 1. The number of hydrogen-bond acceptors (Lipinski definition) is 5. The maximum absolute atomic E-state index is 13.0. The highest BCUT2D eigenvalue weighted by Gasteiger charge is 2.51. The van der Waals surface area contributed by atoms with E-state index in [1.54, 1.807) is 20.8 Å². The van der Waals surface area contributed by atoms with Crippen molar-refractivity contribution in [3.8, 4) is 12.1 Å². The van der Waals surface area contributed by atoms with Gasteiger partial charge in [0.1, 0.15) is 23.8 Å². The van der Waals surface area contributed by atoms with E-state index in [-0.39, 0.29) is 10.6 Å². The minimum Gasteiger partial charge on any atom is -0.444 e. The Morgan fingerprint density at radius 3 is 1.81 bits per heavy atom. The van der Waals surface area contributed by atoms with Gasteiger partial charge in [-0.3, -0.25) is 0 Å². The summed E-state index contributed by atoms with van der Waals surface area (Å²) in [5.41, 5.74) is -3.87. The van der Waals surface area contributed by atoms with Crippen molar-refractivity contribution in [2.45, 2.75) is 83.1 Å². The number of carbonyl (C=O) groups is 1. The van der Waals surface area contributed by atoms with E-state index in [9.17, 15) is 28.5 Å². The molecule has 0 heterocycles. The molecule has 0 unspecified atom stereocenters. The summed E-state index contributed by atoms with van der Waals surface area (Å²) < 4.78 is 50.5. The highest BCUT2D eigenvalue weighted by Crippen LogP contribution is 2.42. The summed E-state index contributed by atoms with van der Waals surface area (Å²) in [4.78, 5) is 12.5. The minimum atomic E-state index is -4.56. The van der Waals surface area contributed by atoms with E-state index in [4.69, 9.17) is 9.16 Å². The molecule has 1 atom stereocenters. The molecular formula is C22H30F3N3O3Si. The number of alkyl carbamates (subject to hydrolysis) is 1.